The molecule has 0 atom stereocenters. The number of aromatic nitrogens is 1. The maximum absolute atomic E-state index is 12.4. The second kappa shape index (κ2) is 10.2. The number of allylic oxidation sites excluding steroid dienone is 6. The minimum atomic E-state index is -0.0626. The van der Waals surface area contributed by atoms with Crippen LogP contribution in [0.15, 0.2) is 52.5 Å². The summed E-state index contributed by atoms with van der Waals surface area (Å²) in [6.07, 6.45) is 10.6. The van der Waals surface area contributed by atoms with Gasteiger partial charge in [0.1, 0.15) is 0 Å². The fourth-order valence-corrected chi connectivity index (χ4v) is 3.81. The molecular formula is C21H25N3O3S. The number of hydrogen-bond acceptors (Lipinski definition) is 6. The van der Waals surface area contributed by atoms with Crippen molar-refractivity contribution < 1.29 is 14.4 Å². The third-order valence-electron chi connectivity index (χ3n) is 4.59. The number of aliphatic hydroxyl groups is 1. The summed E-state index contributed by atoms with van der Waals surface area (Å²) in [4.78, 5) is 15.2. The van der Waals surface area contributed by atoms with Crippen molar-refractivity contribution in [3.8, 4) is 0 Å². The van der Waals surface area contributed by atoms with Crippen LogP contribution in [0.1, 0.15) is 34.3 Å². The molecule has 1 amide bonds. The van der Waals surface area contributed by atoms with E-state index in [1.54, 1.807) is 6.20 Å². The first-order chi connectivity index (χ1) is 13.7. The molecule has 1 aliphatic carbocycles. The Morgan fingerprint density at radius 1 is 1.39 bits per heavy atom. The second-order valence-electron chi connectivity index (χ2n) is 6.41. The molecule has 2 N–H and O–H groups in total. The van der Waals surface area contributed by atoms with Crippen molar-refractivity contribution in [2.24, 2.45) is 0 Å². The van der Waals surface area contributed by atoms with Crippen molar-refractivity contribution in [2.75, 3.05) is 32.8 Å². The molecule has 2 aromatic heterocycles. The molecule has 1 aliphatic rings. The van der Waals surface area contributed by atoms with Gasteiger partial charge >= 0.3 is 0 Å². The number of amides is 1. The number of hydrogen-bond donors (Lipinski definition) is 2. The van der Waals surface area contributed by atoms with Gasteiger partial charge in [-0.3, -0.25) is 9.69 Å². The summed E-state index contributed by atoms with van der Waals surface area (Å²) in [6.45, 7) is 4.93. The summed E-state index contributed by atoms with van der Waals surface area (Å²) in [5.74, 6) is 0.710. The molecule has 0 fully saturated rings. The summed E-state index contributed by atoms with van der Waals surface area (Å²) in [6, 6.07) is 3.78. The largest absolute Gasteiger partial charge is 0.395 e. The van der Waals surface area contributed by atoms with Crippen LogP contribution in [0.2, 0.25) is 0 Å². The van der Waals surface area contributed by atoms with Crippen LogP contribution >= 0.6 is 11.3 Å². The van der Waals surface area contributed by atoms with Gasteiger partial charge in [0.15, 0.2) is 5.76 Å². The molecule has 0 saturated heterocycles. The molecule has 7 heteroatoms. The highest BCUT2D eigenvalue weighted by atomic mass is 32.1. The predicted molar refractivity (Wildman–Crippen MR) is 112 cm³/mol. The number of rotatable bonds is 9. The number of likely N-dealkylation sites (N-methyl/N-ethyl adjacent to an activating group) is 1. The molecule has 0 spiro atoms. The van der Waals surface area contributed by atoms with Gasteiger partial charge in [-0.2, -0.15) is 0 Å². The van der Waals surface area contributed by atoms with Crippen LogP contribution in [0.3, 0.4) is 0 Å². The zero-order valence-corrected chi connectivity index (χ0v) is 16.7. The van der Waals surface area contributed by atoms with Gasteiger partial charge in [0.05, 0.1) is 17.7 Å². The minimum Gasteiger partial charge on any atom is -0.395 e. The van der Waals surface area contributed by atoms with Crippen LogP contribution in [0.4, 0.5) is 0 Å². The summed E-state index contributed by atoms with van der Waals surface area (Å²) < 4.78 is 5.23. The second-order valence-corrected chi connectivity index (χ2v) is 7.32. The highest BCUT2D eigenvalue weighted by molar-refractivity contribution is 7.12. The van der Waals surface area contributed by atoms with Gasteiger partial charge < -0.3 is 14.9 Å². The molecule has 0 radical (unpaired) electrons. The zero-order chi connectivity index (χ0) is 19.8. The Labute approximate surface area is 168 Å². The standard InChI is InChI=1S/C21H25N3O3S/c1-2-24(12-13-25)11-10-22-21(26)20-14-18(15-28-20)16-4-3-5-17(7-6-16)19-8-9-23-27-19/h3-4,6-9,14-15,25H,2,5,10-13H2,1H3,(H,22,26). The topological polar surface area (TPSA) is 78.6 Å². The Kier molecular flexibility index (Phi) is 7.36. The quantitative estimate of drug-likeness (QED) is 0.677. The fourth-order valence-electron chi connectivity index (χ4n) is 2.97. The van der Waals surface area contributed by atoms with Crippen LogP contribution in [-0.4, -0.2) is 53.9 Å². The zero-order valence-electron chi connectivity index (χ0n) is 15.9. The Morgan fingerprint density at radius 2 is 2.29 bits per heavy atom. The molecule has 0 bridgehead atoms. The van der Waals surface area contributed by atoms with E-state index in [4.69, 9.17) is 9.63 Å². The number of nitrogens with zero attached hydrogens (tertiary/aromatic N) is 2. The molecule has 3 rings (SSSR count). The molecule has 2 heterocycles. The fraction of sp³-hybridized carbons (Fsp3) is 0.333. The van der Waals surface area contributed by atoms with E-state index in [0.29, 0.717) is 18.0 Å². The van der Waals surface area contributed by atoms with E-state index in [1.807, 2.05) is 36.6 Å². The molecule has 0 aliphatic heterocycles. The SMILES string of the molecule is CCN(CCO)CCNC(=O)c1cc(C2=CC=C(c3ccno3)CC=C2)cs1. The Morgan fingerprint density at radius 3 is 3.04 bits per heavy atom. The Bertz CT molecular complexity index is 865. The van der Waals surface area contributed by atoms with Gasteiger partial charge in [-0.25, -0.2) is 0 Å². The minimum absolute atomic E-state index is 0.0626. The summed E-state index contributed by atoms with van der Waals surface area (Å²) in [5, 5.41) is 17.7. The van der Waals surface area contributed by atoms with Crippen molar-refractivity contribution in [1.29, 1.82) is 0 Å². The Balaban J connectivity index is 1.61. The predicted octanol–water partition coefficient (Wildman–Crippen LogP) is 3.21. The molecule has 2 aromatic rings. The third kappa shape index (κ3) is 5.28. The average Bonchev–Trinajstić information content (AvgIpc) is 3.36. The summed E-state index contributed by atoms with van der Waals surface area (Å²) in [7, 11) is 0. The van der Waals surface area contributed by atoms with Crippen molar-refractivity contribution >= 4 is 28.4 Å². The lowest BCUT2D eigenvalue weighted by atomic mass is 10.1. The van der Waals surface area contributed by atoms with Gasteiger partial charge in [-0.15, -0.1) is 11.3 Å². The lowest BCUT2D eigenvalue weighted by Crippen LogP contribution is -2.36. The number of carbonyl (C=O) groups is 1. The molecule has 6 nitrogen and oxygen atoms in total. The van der Waals surface area contributed by atoms with Gasteiger partial charge in [-0.1, -0.05) is 36.4 Å². The normalized spacial score (nSPS) is 14.0. The van der Waals surface area contributed by atoms with Crippen LogP contribution < -0.4 is 5.32 Å². The first-order valence-corrected chi connectivity index (χ1v) is 10.3. The molecule has 0 unspecified atom stereocenters. The lowest BCUT2D eigenvalue weighted by molar-refractivity contribution is 0.0951. The van der Waals surface area contributed by atoms with E-state index < -0.39 is 0 Å². The monoisotopic (exact) mass is 399 g/mol. The summed E-state index contributed by atoms with van der Waals surface area (Å²) in [5.41, 5.74) is 3.15. The van der Waals surface area contributed by atoms with Gasteiger partial charge in [0.25, 0.3) is 5.91 Å². The average molecular weight is 400 g/mol. The highest BCUT2D eigenvalue weighted by Gasteiger charge is 2.12. The lowest BCUT2D eigenvalue weighted by Gasteiger charge is -2.18. The van der Waals surface area contributed by atoms with E-state index in [9.17, 15) is 4.79 Å². The van der Waals surface area contributed by atoms with Crippen LogP contribution in [0.5, 0.6) is 0 Å². The van der Waals surface area contributed by atoms with Crippen LogP contribution in [0.25, 0.3) is 11.1 Å². The van der Waals surface area contributed by atoms with E-state index in [1.165, 1.54) is 11.3 Å². The number of aliphatic hydroxyl groups excluding tert-OH is 1. The van der Waals surface area contributed by atoms with Crippen molar-refractivity contribution in [1.82, 2.24) is 15.4 Å². The number of thiophene rings is 1. The van der Waals surface area contributed by atoms with Crippen molar-refractivity contribution in [3.05, 3.63) is 64.2 Å². The van der Waals surface area contributed by atoms with E-state index in [0.717, 1.165) is 42.0 Å². The maximum atomic E-state index is 12.4. The molecule has 0 saturated carbocycles. The van der Waals surface area contributed by atoms with Crippen LogP contribution in [0, 0.1) is 0 Å². The van der Waals surface area contributed by atoms with Crippen molar-refractivity contribution in [3.63, 3.8) is 0 Å². The highest BCUT2D eigenvalue weighted by Crippen LogP contribution is 2.28. The van der Waals surface area contributed by atoms with Gasteiger partial charge in [0, 0.05) is 31.3 Å². The van der Waals surface area contributed by atoms with E-state index in [2.05, 4.69) is 27.5 Å². The molecule has 148 valence electrons. The van der Waals surface area contributed by atoms with Gasteiger partial charge in [0.2, 0.25) is 0 Å². The number of carbonyl (C=O) groups excluding carboxylic acids is 1. The number of nitrogens with one attached hydrogen (secondary N) is 1. The molecule has 0 aromatic carbocycles. The van der Waals surface area contributed by atoms with Crippen LogP contribution in [-0.2, 0) is 0 Å². The van der Waals surface area contributed by atoms with Gasteiger partial charge in [-0.05, 0) is 35.5 Å². The Hall–Kier alpha value is -2.48. The van der Waals surface area contributed by atoms with Crippen molar-refractivity contribution in [2.45, 2.75) is 13.3 Å². The molecule has 28 heavy (non-hydrogen) atoms. The molecular weight excluding hydrogens is 374 g/mol. The first kappa shape index (κ1) is 20.3. The van der Waals surface area contributed by atoms with E-state index >= 15 is 0 Å². The summed E-state index contributed by atoms with van der Waals surface area (Å²) >= 11 is 1.44. The smallest absolute Gasteiger partial charge is 0.261 e. The third-order valence-corrected chi connectivity index (χ3v) is 5.52. The van der Waals surface area contributed by atoms with E-state index in [-0.39, 0.29) is 12.5 Å². The first-order valence-electron chi connectivity index (χ1n) is 9.40. The maximum Gasteiger partial charge on any atom is 0.261 e.